The molecular weight excluding hydrogens is 658 g/mol. The van der Waals surface area contributed by atoms with Crippen molar-refractivity contribution < 1.29 is 14.0 Å². The fourth-order valence-electron chi connectivity index (χ4n) is 8.20. The first kappa shape index (κ1) is 32.9. The van der Waals surface area contributed by atoms with Crippen molar-refractivity contribution in [2.24, 2.45) is 10.9 Å². The van der Waals surface area contributed by atoms with Crippen molar-refractivity contribution in [3.63, 3.8) is 0 Å². The SMILES string of the molecule is CCN1CCN(C(=O)[C@@H]2CC[C@@H](C)N2C(=O)C2=C(C(C)C)N3C(=N[C@@](C)(c4ccc(Cl)nc4)[C@H]3c3ccc(Cl)c(F)c3)S2)CC12CC2. The van der Waals surface area contributed by atoms with Crippen LogP contribution >= 0.6 is 35.0 Å². The van der Waals surface area contributed by atoms with E-state index in [0.29, 0.717) is 33.8 Å². The number of thioether (sulfide) groups is 1. The summed E-state index contributed by atoms with van der Waals surface area (Å²) in [4.78, 5) is 47.5. The van der Waals surface area contributed by atoms with Crippen LogP contribution < -0.4 is 0 Å². The third-order valence-electron chi connectivity index (χ3n) is 10.8. The number of amidine groups is 1. The highest BCUT2D eigenvalue weighted by Crippen LogP contribution is 2.56. The highest BCUT2D eigenvalue weighted by Gasteiger charge is 2.56. The van der Waals surface area contributed by atoms with Crippen LogP contribution in [0.25, 0.3) is 0 Å². The number of fused-ring (bicyclic) bond motifs is 1. The molecule has 3 fully saturated rings. The third kappa shape index (κ3) is 5.38. The molecule has 2 saturated heterocycles. The smallest absolute Gasteiger partial charge is 0.263 e. The van der Waals surface area contributed by atoms with Crippen molar-refractivity contribution in [1.82, 2.24) is 24.6 Å². The molecule has 250 valence electrons. The van der Waals surface area contributed by atoms with Crippen LogP contribution in [0.15, 0.2) is 52.1 Å². The molecule has 5 heterocycles. The monoisotopic (exact) mass is 698 g/mol. The Kier molecular flexibility index (Phi) is 8.42. The number of aromatic nitrogens is 1. The number of pyridine rings is 1. The molecule has 7 rings (SSSR count). The maximum absolute atomic E-state index is 15.0. The second-order valence-electron chi connectivity index (χ2n) is 14.0. The molecule has 1 aromatic heterocycles. The average Bonchev–Trinajstić information content (AvgIpc) is 3.39. The van der Waals surface area contributed by atoms with Crippen LogP contribution in [0.1, 0.15) is 77.5 Å². The number of carbonyl (C=O) groups excluding carboxylic acids is 2. The Bertz CT molecular complexity index is 1680. The molecule has 4 atom stereocenters. The van der Waals surface area contributed by atoms with E-state index in [1.54, 1.807) is 18.3 Å². The van der Waals surface area contributed by atoms with Gasteiger partial charge in [0, 0.05) is 48.7 Å². The summed E-state index contributed by atoms with van der Waals surface area (Å²) in [6.07, 6.45) is 5.38. The summed E-state index contributed by atoms with van der Waals surface area (Å²) in [6, 6.07) is 7.41. The quantitative estimate of drug-likeness (QED) is 0.308. The number of likely N-dealkylation sites (N-methyl/N-ethyl adjacent to an activating group) is 1. The predicted molar refractivity (Wildman–Crippen MR) is 185 cm³/mol. The minimum Gasteiger partial charge on any atom is -0.338 e. The molecule has 0 radical (unpaired) electrons. The highest BCUT2D eigenvalue weighted by molar-refractivity contribution is 8.18. The molecule has 0 N–H and O–H groups in total. The Morgan fingerprint density at radius 1 is 1.13 bits per heavy atom. The zero-order valence-corrected chi connectivity index (χ0v) is 29.8. The number of amides is 2. The summed E-state index contributed by atoms with van der Waals surface area (Å²) in [7, 11) is 0. The lowest BCUT2D eigenvalue weighted by atomic mass is 9.81. The predicted octanol–water partition coefficient (Wildman–Crippen LogP) is 6.85. The van der Waals surface area contributed by atoms with Gasteiger partial charge in [-0.2, -0.15) is 0 Å². The van der Waals surface area contributed by atoms with Crippen LogP contribution in [0.2, 0.25) is 10.2 Å². The fourth-order valence-corrected chi connectivity index (χ4v) is 9.78. The molecule has 1 aliphatic carbocycles. The minimum absolute atomic E-state index is 0.0384. The molecule has 8 nitrogen and oxygen atoms in total. The van der Waals surface area contributed by atoms with Crippen molar-refractivity contribution in [3.05, 3.63) is 74.3 Å². The van der Waals surface area contributed by atoms with E-state index in [2.05, 4.69) is 35.6 Å². The van der Waals surface area contributed by atoms with E-state index < -0.39 is 23.4 Å². The zero-order chi connectivity index (χ0) is 33.4. The van der Waals surface area contributed by atoms with Crippen molar-refractivity contribution >= 4 is 51.9 Å². The second-order valence-corrected chi connectivity index (χ2v) is 15.8. The first-order valence-corrected chi connectivity index (χ1v) is 18.2. The highest BCUT2D eigenvalue weighted by atomic mass is 35.5. The van der Waals surface area contributed by atoms with Gasteiger partial charge in [0.15, 0.2) is 5.17 Å². The largest absolute Gasteiger partial charge is 0.338 e. The van der Waals surface area contributed by atoms with Gasteiger partial charge in [-0.1, -0.05) is 56.1 Å². The van der Waals surface area contributed by atoms with E-state index in [0.717, 1.165) is 50.2 Å². The number of halogens is 3. The van der Waals surface area contributed by atoms with E-state index >= 15 is 4.39 Å². The van der Waals surface area contributed by atoms with Crippen molar-refractivity contribution in [3.8, 4) is 0 Å². The van der Waals surface area contributed by atoms with Gasteiger partial charge in [0.2, 0.25) is 5.91 Å². The Morgan fingerprint density at radius 3 is 2.53 bits per heavy atom. The van der Waals surface area contributed by atoms with Gasteiger partial charge in [-0.05, 0) is 87.5 Å². The van der Waals surface area contributed by atoms with E-state index in [4.69, 9.17) is 28.2 Å². The van der Waals surface area contributed by atoms with Crippen molar-refractivity contribution in [2.45, 2.75) is 89.5 Å². The van der Waals surface area contributed by atoms with E-state index in [1.807, 2.05) is 35.8 Å². The summed E-state index contributed by atoms with van der Waals surface area (Å²) >= 11 is 13.6. The van der Waals surface area contributed by atoms with Gasteiger partial charge in [-0.15, -0.1) is 0 Å². The van der Waals surface area contributed by atoms with Crippen molar-refractivity contribution in [1.29, 1.82) is 0 Å². The molecule has 4 aliphatic heterocycles. The van der Waals surface area contributed by atoms with Gasteiger partial charge in [-0.25, -0.2) is 14.4 Å². The van der Waals surface area contributed by atoms with Gasteiger partial charge in [-0.3, -0.25) is 14.5 Å². The first-order chi connectivity index (χ1) is 22.4. The number of hydrogen-bond acceptors (Lipinski definition) is 7. The molecule has 0 unspecified atom stereocenters. The number of piperazine rings is 1. The molecule has 1 aromatic carbocycles. The lowest BCUT2D eigenvalue weighted by Crippen LogP contribution is -2.59. The number of allylic oxidation sites excluding steroid dienone is 1. The van der Waals surface area contributed by atoms with Gasteiger partial charge in [0.25, 0.3) is 5.91 Å². The summed E-state index contributed by atoms with van der Waals surface area (Å²) in [6.45, 7) is 13.7. The summed E-state index contributed by atoms with van der Waals surface area (Å²) in [5.74, 6) is -0.659. The molecule has 1 spiro atoms. The maximum Gasteiger partial charge on any atom is 0.263 e. The Hall–Kier alpha value is -2.66. The van der Waals surface area contributed by atoms with Gasteiger partial charge < -0.3 is 14.7 Å². The number of benzene rings is 1. The van der Waals surface area contributed by atoms with E-state index in [-0.39, 0.29) is 34.3 Å². The molecule has 5 aliphatic rings. The topological polar surface area (TPSA) is 72.3 Å². The number of hydrogen-bond donors (Lipinski definition) is 0. The second kappa shape index (κ2) is 12.0. The minimum atomic E-state index is -0.867. The van der Waals surface area contributed by atoms with Crippen LogP contribution in [-0.4, -0.2) is 85.4 Å². The fraction of sp³-hybridized carbons (Fsp3) is 0.543. The molecule has 12 heteroatoms. The maximum atomic E-state index is 15.0. The average molecular weight is 700 g/mol. The number of rotatable bonds is 6. The van der Waals surface area contributed by atoms with E-state index in [1.165, 1.54) is 17.8 Å². The van der Waals surface area contributed by atoms with Crippen LogP contribution in [0.3, 0.4) is 0 Å². The van der Waals surface area contributed by atoms with Gasteiger partial charge in [0.05, 0.1) is 11.1 Å². The van der Waals surface area contributed by atoms with Crippen molar-refractivity contribution in [2.75, 3.05) is 26.2 Å². The summed E-state index contributed by atoms with van der Waals surface area (Å²) in [5.41, 5.74) is 1.56. The van der Waals surface area contributed by atoms with Crippen LogP contribution in [0.5, 0.6) is 0 Å². The lowest BCUT2D eigenvalue weighted by Gasteiger charge is -2.43. The molecule has 2 aromatic rings. The molecule has 2 amide bonds. The van der Waals surface area contributed by atoms with Crippen LogP contribution in [-0.2, 0) is 15.1 Å². The zero-order valence-electron chi connectivity index (χ0n) is 27.5. The number of aliphatic imine (C=N–C) groups is 1. The lowest BCUT2D eigenvalue weighted by molar-refractivity contribution is -0.145. The third-order valence-corrected chi connectivity index (χ3v) is 12.4. The Balaban J connectivity index is 1.25. The molecule has 0 bridgehead atoms. The standard InChI is InChI=1S/C35H41Cl2FN6O2S/c1-6-42-16-15-41(19-35(42)13-14-35)31(45)26-11-7-21(4)43(26)32(46)29-28(20(2)3)44-30(22-8-10-24(36)25(38)17-22)34(5,40-33(44)47-29)23-9-12-27(37)39-18-23/h8-10,12,17-18,20-21,26,30H,6-7,11,13-16,19H2,1-5H3/t21-,26+,30-,34+/m1/s1. The molecular formula is C35H41Cl2FN6O2S. The van der Waals surface area contributed by atoms with Gasteiger partial charge >= 0.3 is 0 Å². The normalized spacial score (nSPS) is 28.5. The summed E-state index contributed by atoms with van der Waals surface area (Å²) in [5, 5.41) is 1.07. The molecule has 47 heavy (non-hydrogen) atoms. The van der Waals surface area contributed by atoms with Crippen LogP contribution in [0, 0.1) is 11.7 Å². The number of nitrogens with zero attached hydrogens (tertiary/aromatic N) is 6. The Morgan fingerprint density at radius 2 is 1.89 bits per heavy atom. The number of likely N-dealkylation sites (tertiary alicyclic amines) is 1. The van der Waals surface area contributed by atoms with Crippen LogP contribution in [0.4, 0.5) is 4.39 Å². The molecule has 1 saturated carbocycles. The van der Waals surface area contributed by atoms with E-state index in [9.17, 15) is 9.59 Å². The Labute approximate surface area is 290 Å². The summed E-state index contributed by atoms with van der Waals surface area (Å²) < 4.78 is 15.0. The number of carbonyl (C=O) groups is 2. The van der Waals surface area contributed by atoms with Gasteiger partial charge in [0.1, 0.15) is 27.5 Å². The first-order valence-electron chi connectivity index (χ1n) is 16.6.